The molecule has 1 aliphatic heterocycles. The van der Waals surface area contributed by atoms with Crippen molar-refractivity contribution in [2.24, 2.45) is 0 Å². The summed E-state index contributed by atoms with van der Waals surface area (Å²) in [6, 6.07) is 8.74. The van der Waals surface area contributed by atoms with E-state index in [-0.39, 0.29) is 17.3 Å². The van der Waals surface area contributed by atoms with Crippen LogP contribution in [0.2, 0.25) is 0 Å². The minimum absolute atomic E-state index is 0.231. The van der Waals surface area contributed by atoms with Gasteiger partial charge >= 0.3 is 0 Å². The van der Waals surface area contributed by atoms with E-state index >= 15 is 0 Å². The van der Waals surface area contributed by atoms with Gasteiger partial charge in [-0.2, -0.15) is 0 Å². The van der Waals surface area contributed by atoms with Crippen LogP contribution in [0.5, 0.6) is 11.5 Å². The van der Waals surface area contributed by atoms with Gasteiger partial charge in [0.2, 0.25) is 0 Å². The van der Waals surface area contributed by atoms with Crippen LogP contribution in [-0.2, 0) is 10.2 Å². The zero-order valence-corrected chi connectivity index (χ0v) is 16.0. The van der Waals surface area contributed by atoms with Crippen LogP contribution >= 0.6 is 0 Å². The maximum Gasteiger partial charge on any atom is 0.132 e. The van der Waals surface area contributed by atoms with Gasteiger partial charge < -0.3 is 14.4 Å². The number of nitrogens with zero attached hydrogens (tertiary/aromatic N) is 2. The fraction of sp³-hybridized carbons (Fsp3) is 0.476. The highest BCUT2D eigenvalue weighted by molar-refractivity contribution is 5.46. The Bertz CT molecular complexity index is 758. The Kier molecular flexibility index (Phi) is 5.47. The molecule has 1 fully saturated rings. The number of pyridine rings is 1. The van der Waals surface area contributed by atoms with Gasteiger partial charge in [0.05, 0.1) is 6.10 Å². The number of anilines is 1. The summed E-state index contributed by atoms with van der Waals surface area (Å²) in [4.78, 5) is 6.66. The lowest BCUT2D eigenvalue weighted by atomic mass is 9.87. The van der Waals surface area contributed by atoms with Crippen molar-refractivity contribution in [2.45, 2.75) is 45.1 Å². The predicted octanol–water partition coefficient (Wildman–Crippen LogP) is 4.93. The van der Waals surface area contributed by atoms with E-state index in [0.29, 0.717) is 17.1 Å². The van der Waals surface area contributed by atoms with Gasteiger partial charge in [-0.05, 0) is 36.0 Å². The van der Waals surface area contributed by atoms with Gasteiger partial charge in [0.1, 0.15) is 23.1 Å². The Morgan fingerprint density at radius 3 is 2.62 bits per heavy atom. The second-order valence-electron chi connectivity index (χ2n) is 7.79. The van der Waals surface area contributed by atoms with Crippen LogP contribution in [0.3, 0.4) is 0 Å². The third-order valence-corrected chi connectivity index (χ3v) is 4.74. The highest BCUT2D eigenvalue weighted by Crippen LogP contribution is 2.31. The second-order valence-corrected chi connectivity index (χ2v) is 7.79. The van der Waals surface area contributed by atoms with E-state index in [9.17, 15) is 4.39 Å². The molecule has 5 heteroatoms. The number of methoxy groups -OCH3 is 1. The van der Waals surface area contributed by atoms with Gasteiger partial charge in [0.25, 0.3) is 0 Å². The molecule has 1 saturated heterocycles. The van der Waals surface area contributed by atoms with Gasteiger partial charge in [-0.15, -0.1) is 0 Å². The van der Waals surface area contributed by atoms with Crippen LogP contribution in [0.15, 0.2) is 36.5 Å². The molecule has 1 unspecified atom stereocenters. The van der Waals surface area contributed by atoms with Gasteiger partial charge in [-0.25, -0.2) is 9.37 Å². The Balaban J connectivity index is 1.76. The largest absolute Gasteiger partial charge is 0.457 e. The molecule has 0 aliphatic carbocycles. The number of hydrogen-bond donors (Lipinski definition) is 0. The number of piperidine rings is 1. The molecule has 1 aliphatic rings. The zero-order chi connectivity index (χ0) is 18.7. The summed E-state index contributed by atoms with van der Waals surface area (Å²) in [5.41, 5.74) is 0.442. The molecule has 0 N–H and O–H groups in total. The third-order valence-electron chi connectivity index (χ3n) is 4.74. The van der Waals surface area contributed by atoms with E-state index in [1.165, 1.54) is 6.07 Å². The summed E-state index contributed by atoms with van der Waals surface area (Å²) < 4.78 is 25.7. The van der Waals surface area contributed by atoms with E-state index < -0.39 is 0 Å². The monoisotopic (exact) mass is 358 g/mol. The molecule has 2 heterocycles. The van der Waals surface area contributed by atoms with E-state index in [1.54, 1.807) is 25.4 Å². The molecule has 1 atom stereocenters. The van der Waals surface area contributed by atoms with Crippen molar-refractivity contribution in [3.05, 3.63) is 47.9 Å². The van der Waals surface area contributed by atoms with Gasteiger partial charge in [0, 0.05) is 38.5 Å². The fourth-order valence-electron chi connectivity index (χ4n) is 3.28. The molecule has 0 bridgehead atoms. The molecule has 4 nitrogen and oxygen atoms in total. The number of ether oxygens (including phenoxy) is 2. The summed E-state index contributed by atoms with van der Waals surface area (Å²) in [7, 11) is 1.75. The Morgan fingerprint density at radius 2 is 1.92 bits per heavy atom. The van der Waals surface area contributed by atoms with Crippen LogP contribution in [0, 0.1) is 5.82 Å². The molecule has 0 radical (unpaired) electrons. The summed E-state index contributed by atoms with van der Waals surface area (Å²) in [6.07, 6.45) is 4.10. The molecule has 2 aromatic rings. The van der Waals surface area contributed by atoms with Crippen LogP contribution in [0.1, 0.15) is 39.2 Å². The SMILES string of the molecule is COC1CCCN(c2cc(Oc3ccc(C(C)(C)C)c(F)c3)ccn2)C1. The van der Waals surface area contributed by atoms with Crippen molar-refractivity contribution in [2.75, 3.05) is 25.1 Å². The Hall–Kier alpha value is -2.14. The predicted molar refractivity (Wildman–Crippen MR) is 102 cm³/mol. The lowest BCUT2D eigenvalue weighted by Crippen LogP contribution is -2.39. The average molecular weight is 358 g/mol. The molecule has 0 amide bonds. The van der Waals surface area contributed by atoms with Gasteiger partial charge in [-0.3, -0.25) is 0 Å². The van der Waals surface area contributed by atoms with Crippen LogP contribution in [0.25, 0.3) is 0 Å². The average Bonchev–Trinajstić information content (AvgIpc) is 2.61. The fourth-order valence-corrected chi connectivity index (χ4v) is 3.28. The maximum atomic E-state index is 14.4. The first kappa shape index (κ1) is 18.6. The normalized spacial score (nSPS) is 18.0. The van der Waals surface area contributed by atoms with E-state index in [1.807, 2.05) is 32.9 Å². The standard InChI is InChI=1S/C21H27FN2O2/c1-21(2,3)18-8-7-15(12-19(18)22)26-16-9-10-23-20(13-16)24-11-5-6-17(14-24)25-4/h7-10,12-13,17H,5-6,11,14H2,1-4H3. The smallest absolute Gasteiger partial charge is 0.132 e. The van der Waals surface area contributed by atoms with Crippen LogP contribution < -0.4 is 9.64 Å². The number of benzene rings is 1. The summed E-state index contributed by atoms with van der Waals surface area (Å²) in [5.74, 6) is 1.75. The molecular formula is C21H27FN2O2. The van der Waals surface area contributed by atoms with E-state index in [4.69, 9.17) is 9.47 Å². The van der Waals surface area contributed by atoms with Crippen molar-refractivity contribution >= 4 is 5.82 Å². The number of hydrogen-bond acceptors (Lipinski definition) is 4. The number of aromatic nitrogens is 1. The second kappa shape index (κ2) is 7.62. The highest BCUT2D eigenvalue weighted by Gasteiger charge is 2.21. The van der Waals surface area contributed by atoms with Gasteiger partial charge in [-0.1, -0.05) is 26.8 Å². The van der Waals surface area contributed by atoms with Gasteiger partial charge in [0.15, 0.2) is 0 Å². The van der Waals surface area contributed by atoms with Crippen molar-refractivity contribution in [1.29, 1.82) is 0 Å². The maximum absolute atomic E-state index is 14.4. The van der Waals surface area contributed by atoms with Crippen LogP contribution in [0.4, 0.5) is 10.2 Å². The molecule has 140 valence electrons. The third kappa shape index (κ3) is 4.33. The molecule has 1 aromatic heterocycles. The van der Waals surface area contributed by atoms with Crippen molar-refractivity contribution < 1.29 is 13.9 Å². The number of rotatable bonds is 4. The molecule has 0 spiro atoms. The number of halogens is 1. The Morgan fingerprint density at radius 1 is 1.15 bits per heavy atom. The van der Waals surface area contributed by atoms with Crippen molar-refractivity contribution in [3.63, 3.8) is 0 Å². The van der Waals surface area contributed by atoms with Crippen molar-refractivity contribution in [1.82, 2.24) is 4.98 Å². The quantitative estimate of drug-likeness (QED) is 0.776. The topological polar surface area (TPSA) is 34.6 Å². The lowest BCUT2D eigenvalue weighted by molar-refractivity contribution is 0.0891. The minimum atomic E-state index is -0.247. The summed E-state index contributed by atoms with van der Waals surface area (Å²) in [5, 5.41) is 0. The van der Waals surface area contributed by atoms with E-state index in [2.05, 4.69) is 9.88 Å². The minimum Gasteiger partial charge on any atom is -0.457 e. The first-order valence-corrected chi connectivity index (χ1v) is 9.08. The molecular weight excluding hydrogens is 331 g/mol. The highest BCUT2D eigenvalue weighted by atomic mass is 19.1. The molecule has 3 rings (SSSR count). The molecule has 1 aromatic carbocycles. The summed E-state index contributed by atoms with van der Waals surface area (Å²) >= 11 is 0. The Labute approximate surface area is 155 Å². The van der Waals surface area contributed by atoms with Crippen LogP contribution in [-0.4, -0.2) is 31.3 Å². The van der Waals surface area contributed by atoms with E-state index in [0.717, 1.165) is 31.7 Å². The molecule has 0 saturated carbocycles. The lowest BCUT2D eigenvalue weighted by Gasteiger charge is -2.32. The zero-order valence-electron chi connectivity index (χ0n) is 16.0. The first-order valence-electron chi connectivity index (χ1n) is 9.08. The summed E-state index contributed by atoms with van der Waals surface area (Å²) in [6.45, 7) is 7.75. The molecule has 26 heavy (non-hydrogen) atoms. The first-order chi connectivity index (χ1) is 12.4. The van der Waals surface area contributed by atoms with Crippen molar-refractivity contribution in [3.8, 4) is 11.5 Å².